The van der Waals surface area contributed by atoms with Crippen LogP contribution in [-0.2, 0) is 13.0 Å². The van der Waals surface area contributed by atoms with Crippen molar-refractivity contribution in [1.29, 1.82) is 5.26 Å². The summed E-state index contributed by atoms with van der Waals surface area (Å²) in [6.45, 7) is 6.62. The molecule has 1 spiro atoms. The van der Waals surface area contributed by atoms with Gasteiger partial charge in [0.15, 0.2) is 0 Å². The summed E-state index contributed by atoms with van der Waals surface area (Å²) < 4.78 is 38.4. The number of thiophene rings is 1. The van der Waals surface area contributed by atoms with E-state index in [2.05, 4.69) is 43.8 Å². The van der Waals surface area contributed by atoms with Crippen LogP contribution in [-0.4, -0.2) is 52.2 Å². The van der Waals surface area contributed by atoms with E-state index >= 15 is 0 Å². The van der Waals surface area contributed by atoms with E-state index < -0.39 is 12.6 Å². The predicted molar refractivity (Wildman–Crippen MR) is 125 cm³/mol. The third-order valence-electron chi connectivity index (χ3n) is 6.90. The molecule has 2 aliphatic heterocycles. The van der Waals surface area contributed by atoms with Gasteiger partial charge in [-0.05, 0) is 36.2 Å². The van der Waals surface area contributed by atoms with Crippen molar-refractivity contribution in [3.8, 4) is 6.07 Å². The molecule has 4 aromatic rings. The van der Waals surface area contributed by atoms with E-state index in [0.29, 0.717) is 15.9 Å². The van der Waals surface area contributed by atoms with Crippen LogP contribution >= 0.6 is 11.3 Å². The van der Waals surface area contributed by atoms with Crippen LogP contribution in [0.3, 0.4) is 0 Å². The quantitative estimate of drug-likeness (QED) is 0.453. The number of fused-ring (bicyclic) bond motifs is 2. The van der Waals surface area contributed by atoms with Crippen LogP contribution in [0.1, 0.15) is 21.7 Å². The fourth-order valence-corrected chi connectivity index (χ4v) is 6.44. The van der Waals surface area contributed by atoms with Crippen LogP contribution in [0, 0.1) is 23.7 Å². The van der Waals surface area contributed by atoms with Crippen molar-refractivity contribution in [2.24, 2.45) is 5.41 Å². The Morgan fingerprint density at radius 3 is 2.68 bits per heavy atom. The number of benzene rings is 1. The van der Waals surface area contributed by atoms with Crippen molar-refractivity contribution in [2.45, 2.75) is 26.1 Å². The third-order valence-corrected chi connectivity index (χ3v) is 7.95. The number of halogens is 3. The molecule has 34 heavy (non-hydrogen) atoms. The lowest BCUT2D eigenvalue weighted by Gasteiger charge is -2.60. The zero-order valence-electron chi connectivity index (χ0n) is 18.4. The summed E-state index contributed by atoms with van der Waals surface area (Å²) in [7, 11) is 0. The molecule has 3 aromatic heterocycles. The van der Waals surface area contributed by atoms with Gasteiger partial charge >= 0.3 is 6.18 Å². The largest absolute Gasteiger partial charge is 0.393 e. The Bertz CT molecular complexity index is 1450. The number of nitriles is 1. The van der Waals surface area contributed by atoms with Gasteiger partial charge < -0.3 is 9.88 Å². The van der Waals surface area contributed by atoms with Gasteiger partial charge in [0.1, 0.15) is 28.7 Å². The van der Waals surface area contributed by atoms with Gasteiger partial charge in [-0.25, -0.2) is 9.97 Å². The summed E-state index contributed by atoms with van der Waals surface area (Å²) in [5, 5.41) is 10.9. The highest BCUT2D eigenvalue weighted by atomic mass is 32.1. The van der Waals surface area contributed by atoms with E-state index in [1.54, 1.807) is 6.07 Å². The zero-order valence-corrected chi connectivity index (χ0v) is 19.2. The van der Waals surface area contributed by atoms with Crippen LogP contribution in [0.2, 0.25) is 0 Å². The van der Waals surface area contributed by atoms with Gasteiger partial charge in [-0.1, -0.05) is 6.07 Å². The van der Waals surface area contributed by atoms with E-state index in [0.717, 1.165) is 60.8 Å². The van der Waals surface area contributed by atoms with Crippen molar-refractivity contribution in [3.05, 3.63) is 52.3 Å². The van der Waals surface area contributed by atoms with Crippen LogP contribution in [0.4, 0.5) is 19.0 Å². The number of rotatable bonds is 4. The Morgan fingerprint density at radius 2 is 1.94 bits per heavy atom. The van der Waals surface area contributed by atoms with E-state index in [4.69, 9.17) is 5.26 Å². The number of aryl methyl sites for hydroxylation is 1. The number of likely N-dealkylation sites (tertiary alicyclic amines) is 1. The average Bonchev–Trinajstić information content (AvgIpc) is 3.32. The van der Waals surface area contributed by atoms with E-state index in [1.807, 2.05) is 12.1 Å². The number of hydrogen-bond acceptors (Lipinski definition) is 6. The first-order chi connectivity index (χ1) is 16.2. The second-order valence-electron chi connectivity index (χ2n) is 9.53. The lowest BCUT2D eigenvalue weighted by atomic mass is 9.72. The molecule has 0 saturated carbocycles. The Morgan fingerprint density at radius 1 is 1.15 bits per heavy atom. The molecule has 5 heterocycles. The highest BCUT2D eigenvalue weighted by molar-refractivity contribution is 7.18. The van der Waals surface area contributed by atoms with Gasteiger partial charge in [-0.15, -0.1) is 11.3 Å². The SMILES string of the molecule is Cc1c(CN2CC3(C2)CN(c2ncnc4sc(CC(F)(F)F)cc24)C3)ccc2[nH]c(C#N)cc12. The molecule has 1 N–H and O–H groups in total. The molecular weight excluding hydrogens is 461 g/mol. The Kier molecular flexibility index (Phi) is 4.66. The lowest BCUT2D eigenvalue weighted by Crippen LogP contribution is -2.72. The highest BCUT2D eigenvalue weighted by Crippen LogP contribution is 2.44. The second kappa shape index (κ2) is 7.42. The number of nitrogens with zero attached hydrogens (tertiary/aromatic N) is 5. The molecule has 174 valence electrons. The molecule has 0 atom stereocenters. The maximum Gasteiger partial charge on any atom is 0.393 e. The first-order valence-corrected chi connectivity index (χ1v) is 11.8. The van der Waals surface area contributed by atoms with Crippen molar-refractivity contribution >= 4 is 38.3 Å². The molecule has 2 saturated heterocycles. The normalized spacial score (nSPS) is 17.8. The molecule has 0 amide bonds. The van der Waals surface area contributed by atoms with E-state index in [9.17, 15) is 13.2 Å². The van der Waals surface area contributed by atoms with Crippen molar-refractivity contribution < 1.29 is 13.2 Å². The van der Waals surface area contributed by atoms with E-state index in [-0.39, 0.29) is 10.3 Å². The molecule has 0 bridgehead atoms. The van der Waals surface area contributed by atoms with Gasteiger partial charge in [0.2, 0.25) is 0 Å². The van der Waals surface area contributed by atoms with Crippen LogP contribution < -0.4 is 4.90 Å². The fourth-order valence-electron chi connectivity index (χ4n) is 5.42. The molecule has 0 radical (unpaired) electrons. The molecular formula is C24H21F3N6S. The molecule has 10 heteroatoms. The Balaban J connectivity index is 1.12. The van der Waals surface area contributed by atoms with Gasteiger partial charge in [-0.2, -0.15) is 18.4 Å². The maximum atomic E-state index is 12.8. The van der Waals surface area contributed by atoms with Gasteiger partial charge in [0, 0.05) is 53.9 Å². The topological polar surface area (TPSA) is 71.8 Å². The number of anilines is 1. The van der Waals surface area contributed by atoms with Gasteiger partial charge in [0.25, 0.3) is 0 Å². The average molecular weight is 483 g/mol. The highest BCUT2D eigenvalue weighted by Gasteiger charge is 2.52. The van der Waals surface area contributed by atoms with Gasteiger partial charge in [-0.3, -0.25) is 4.90 Å². The summed E-state index contributed by atoms with van der Waals surface area (Å²) in [4.78, 5) is 17.2. The standard InChI is InChI=1S/C24H21F3N6S/c1-14-15(2-3-20-18(14)4-16(7-28)31-20)8-32-9-23(10-32)11-33(12-23)21-19-5-17(6-24(25,26)27)34-22(19)30-13-29-21/h2-5,13,31H,6,8-12H2,1H3. The molecule has 2 aliphatic rings. The van der Waals surface area contributed by atoms with Crippen LogP contribution in [0.25, 0.3) is 21.1 Å². The minimum atomic E-state index is -4.23. The minimum absolute atomic E-state index is 0.210. The van der Waals surface area contributed by atoms with Crippen molar-refractivity contribution in [1.82, 2.24) is 19.9 Å². The fraction of sp³-hybridized carbons (Fsp3) is 0.375. The van der Waals surface area contributed by atoms with Crippen LogP contribution in [0.15, 0.2) is 30.6 Å². The minimum Gasteiger partial charge on any atom is -0.355 e. The smallest absolute Gasteiger partial charge is 0.355 e. The second-order valence-corrected chi connectivity index (χ2v) is 10.6. The number of alkyl halides is 3. The maximum absolute atomic E-state index is 12.8. The molecule has 0 unspecified atom stereocenters. The van der Waals surface area contributed by atoms with Crippen LogP contribution in [0.5, 0.6) is 0 Å². The number of nitrogens with one attached hydrogen (secondary N) is 1. The Hall–Kier alpha value is -3.16. The molecule has 0 aliphatic carbocycles. The first kappa shape index (κ1) is 21.4. The van der Waals surface area contributed by atoms with E-state index in [1.165, 1.54) is 17.5 Å². The number of aromatic amines is 1. The number of aromatic nitrogens is 3. The molecule has 1 aromatic carbocycles. The predicted octanol–water partition coefficient (Wildman–Crippen LogP) is 4.78. The summed E-state index contributed by atoms with van der Waals surface area (Å²) in [6.07, 6.45) is -3.72. The third kappa shape index (κ3) is 3.60. The first-order valence-electron chi connectivity index (χ1n) is 11.0. The molecule has 6 nitrogen and oxygen atoms in total. The lowest BCUT2D eigenvalue weighted by molar-refractivity contribution is -0.126. The molecule has 6 rings (SSSR count). The van der Waals surface area contributed by atoms with Gasteiger partial charge in [0.05, 0.1) is 11.8 Å². The van der Waals surface area contributed by atoms with Crippen molar-refractivity contribution in [3.63, 3.8) is 0 Å². The summed E-state index contributed by atoms with van der Waals surface area (Å²) in [5.41, 5.74) is 4.22. The molecule has 2 fully saturated rings. The van der Waals surface area contributed by atoms with Crippen molar-refractivity contribution in [2.75, 3.05) is 31.1 Å². The summed E-state index contributed by atoms with van der Waals surface area (Å²) in [6, 6.07) is 9.82. The Labute approximate surface area is 197 Å². The number of hydrogen-bond donors (Lipinski definition) is 1. The zero-order chi connectivity index (χ0) is 23.7. The summed E-state index contributed by atoms with van der Waals surface area (Å²) >= 11 is 1.09. The number of H-pyrrole nitrogens is 1. The summed E-state index contributed by atoms with van der Waals surface area (Å²) in [5.74, 6) is 0.737. The monoisotopic (exact) mass is 482 g/mol.